The molecule has 150 valence electrons. The highest BCUT2D eigenvalue weighted by molar-refractivity contribution is 8.38. The van der Waals surface area contributed by atoms with Gasteiger partial charge in [-0.15, -0.1) is 0 Å². The van der Waals surface area contributed by atoms with E-state index in [0.717, 1.165) is 48.5 Å². The fraction of sp³-hybridized carbons (Fsp3) is 0.750. The number of hydrogen-bond acceptors (Lipinski definition) is 6. The summed E-state index contributed by atoms with van der Waals surface area (Å²) >= 11 is 0. The summed E-state index contributed by atoms with van der Waals surface area (Å²) in [5.74, 6) is 0. The average molecular weight is 406 g/mol. The molecule has 10 heteroatoms. The largest absolute Gasteiger partial charge is 0.448 e. The Labute approximate surface area is 160 Å². The highest BCUT2D eigenvalue weighted by Crippen LogP contribution is 2.11. The predicted molar refractivity (Wildman–Crippen MR) is 107 cm³/mol. The maximum Gasteiger partial charge on any atom is 0.428 e. The summed E-state index contributed by atoms with van der Waals surface area (Å²) in [5, 5.41) is 1.23. The first-order valence-electron chi connectivity index (χ1n) is 8.90. The molecule has 0 bridgehead atoms. The Morgan fingerprint density at radius 3 is 2.46 bits per heavy atom. The number of hydrogen-bond donors (Lipinski definition) is 1. The number of amides is 3. The van der Waals surface area contributed by atoms with Crippen LogP contribution in [0.4, 0.5) is 9.59 Å². The second kappa shape index (κ2) is 12.1. The first-order valence-corrected chi connectivity index (χ1v) is 11.4. The van der Waals surface area contributed by atoms with E-state index < -0.39 is 21.2 Å². The molecule has 1 N–H and O–H groups in total. The fourth-order valence-electron chi connectivity index (χ4n) is 2.10. The SMILES string of the molecule is CCCCCCC1=[S-](=S=O)C(=NC(=O)N(C)C)N(C(=O)OCCCC)N1. The lowest BCUT2D eigenvalue weighted by atomic mass is 10.1. The second-order valence-electron chi connectivity index (χ2n) is 6.06. The molecule has 0 aliphatic carbocycles. The van der Waals surface area contributed by atoms with Gasteiger partial charge >= 0.3 is 12.1 Å². The average Bonchev–Trinajstić information content (AvgIpc) is 2.96. The molecule has 0 aromatic rings. The van der Waals surface area contributed by atoms with Gasteiger partial charge in [0.25, 0.3) is 0 Å². The lowest BCUT2D eigenvalue weighted by Gasteiger charge is -2.21. The van der Waals surface area contributed by atoms with Crippen molar-refractivity contribution in [1.82, 2.24) is 15.3 Å². The molecule has 0 saturated carbocycles. The highest BCUT2D eigenvalue weighted by atomic mass is 32.8. The molecule has 8 nitrogen and oxygen atoms in total. The summed E-state index contributed by atoms with van der Waals surface area (Å²) in [6.07, 6.45) is 5.86. The number of carbonyl (C=O) groups is 2. The lowest BCUT2D eigenvalue weighted by molar-refractivity contribution is 0.116. The van der Waals surface area contributed by atoms with E-state index in [0.29, 0.717) is 16.6 Å². The smallest absolute Gasteiger partial charge is 0.428 e. The third kappa shape index (κ3) is 6.73. The van der Waals surface area contributed by atoms with Crippen molar-refractivity contribution in [3.05, 3.63) is 0 Å². The van der Waals surface area contributed by atoms with Gasteiger partial charge in [-0.3, -0.25) is 9.04 Å². The molecule has 1 aliphatic rings. The number of unbranched alkanes of at least 4 members (excludes halogenated alkanes) is 4. The third-order valence-electron chi connectivity index (χ3n) is 3.62. The summed E-state index contributed by atoms with van der Waals surface area (Å²) in [5.41, 5.74) is 2.96. The first-order chi connectivity index (χ1) is 12.5. The van der Waals surface area contributed by atoms with Crippen molar-refractivity contribution in [2.24, 2.45) is 4.99 Å². The van der Waals surface area contributed by atoms with E-state index in [2.05, 4.69) is 17.3 Å². The van der Waals surface area contributed by atoms with Crippen molar-refractivity contribution >= 4 is 41.5 Å². The van der Waals surface area contributed by atoms with Crippen LogP contribution in [0.3, 0.4) is 0 Å². The molecule has 0 spiro atoms. The van der Waals surface area contributed by atoms with Gasteiger partial charge in [0.15, 0.2) is 0 Å². The Kier molecular flexibility index (Phi) is 10.5. The number of nitrogens with zero attached hydrogens (tertiary/aromatic N) is 3. The Morgan fingerprint density at radius 2 is 1.88 bits per heavy atom. The van der Waals surface area contributed by atoms with Crippen molar-refractivity contribution in [3.8, 4) is 0 Å². The van der Waals surface area contributed by atoms with Gasteiger partial charge in [-0.2, -0.15) is 0 Å². The Bertz CT molecular complexity index is 651. The summed E-state index contributed by atoms with van der Waals surface area (Å²) < 4.78 is 16.9. The van der Waals surface area contributed by atoms with Gasteiger partial charge in [-0.1, -0.05) is 61.2 Å². The molecule has 0 unspecified atom stereocenters. The van der Waals surface area contributed by atoms with Crippen LogP contribution >= 0.6 is 0 Å². The number of hydrazine groups is 1. The van der Waals surface area contributed by atoms with Crippen molar-refractivity contribution in [3.63, 3.8) is 0 Å². The molecule has 1 rings (SSSR count). The standard InChI is InChI=1S/C16H29N4O4S2/c1-5-7-9-10-11-13-18-20(16(22)24-12-8-6-2)15(26(13)25-23)17-14(21)19(3)4/h18H,5-12H2,1-4H3/q-1. The van der Waals surface area contributed by atoms with E-state index in [1.54, 1.807) is 14.1 Å². The van der Waals surface area contributed by atoms with Gasteiger partial charge in [0, 0.05) is 14.1 Å². The van der Waals surface area contributed by atoms with Crippen LogP contribution in [0.25, 0.3) is 0 Å². The van der Waals surface area contributed by atoms with E-state index in [4.69, 9.17) is 4.74 Å². The number of amidine groups is 1. The second-order valence-corrected chi connectivity index (χ2v) is 9.00. The van der Waals surface area contributed by atoms with Crippen LogP contribution in [-0.2, 0) is 24.0 Å². The molecule has 1 heterocycles. The molecule has 0 aromatic heterocycles. The number of rotatable bonds is 8. The summed E-state index contributed by atoms with van der Waals surface area (Å²) in [6, 6.07) is -0.521. The van der Waals surface area contributed by atoms with E-state index in [1.165, 1.54) is 4.90 Å². The molecule has 0 fully saturated rings. The number of carbonyl (C=O) groups excluding carboxylic acids is 2. The van der Waals surface area contributed by atoms with Gasteiger partial charge in [0.2, 0.25) is 0 Å². The predicted octanol–water partition coefficient (Wildman–Crippen LogP) is 2.63. The van der Waals surface area contributed by atoms with E-state index >= 15 is 0 Å². The number of urea groups is 1. The third-order valence-corrected chi connectivity index (χ3v) is 6.57. The molecule has 0 atom stereocenters. The molecule has 0 radical (unpaired) electrons. The van der Waals surface area contributed by atoms with Gasteiger partial charge in [0.1, 0.15) is 0 Å². The Morgan fingerprint density at radius 1 is 1.19 bits per heavy atom. The summed E-state index contributed by atoms with van der Waals surface area (Å²) in [7, 11) is 2.46. The first kappa shape index (κ1) is 22.7. The van der Waals surface area contributed by atoms with Crippen molar-refractivity contribution in [1.29, 1.82) is 0 Å². The van der Waals surface area contributed by atoms with Gasteiger partial charge in [0.05, 0.1) is 11.8 Å². The van der Waals surface area contributed by atoms with Crippen molar-refractivity contribution in [2.75, 3.05) is 20.7 Å². The quantitative estimate of drug-likeness (QED) is 0.381. The van der Waals surface area contributed by atoms with Gasteiger partial charge in [-0.05, 0) is 12.8 Å². The maximum absolute atomic E-state index is 12.4. The molecule has 26 heavy (non-hydrogen) atoms. The van der Waals surface area contributed by atoms with Crippen LogP contribution < -0.4 is 5.43 Å². The van der Waals surface area contributed by atoms with Crippen LogP contribution in [0.2, 0.25) is 0 Å². The number of nitrogens with one attached hydrogen (secondary N) is 1. The van der Waals surface area contributed by atoms with Crippen LogP contribution in [-0.4, -0.2) is 57.1 Å². The molecule has 1 aliphatic heterocycles. The molecule has 3 amide bonds. The lowest BCUT2D eigenvalue weighted by Crippen LogP contribution is -2.44. The molecule has 0 aromatic carbocycles. The summed E-state index contributed by atoms with van der Waals surface area (Å²) in [6.45, 7) is 4.41. The zero-order valence-electron chi connectivity index (χ0n) is 15.9. The highest BCUT2D eigenvalue weighted by Gasteiger charge is 2.23. The Hall–Kier alpha value is -1.39. The number of ether oxygens (including phenoxy) is 1. The minimum absolute atomic E-state index is 0.121. The topological polar surface area (TPSA) is 91.3 Å². The normalized spacial score (nSPS) is 16.2. The molecular formula is C16H29N4O4S2-. The number of aliphatic imine (C=N–C) groups is 1. The van der Waals surface area contributed by atoms with Crippen LogP contribution in [0.15, 0.2) is 4.99 Å². The minimum atomic E-state index is -1.02. The zero-order chi connectivity index (χ0) is 19.5. The van der Waals surface area contributed by atoms with E-state index in [1.807, 2.05) is 6.92 Å². The van der Waals surface area contributed by atoms with Crippen LogP contribution in [0.5, 0.6) is 0 Å². The molecular weight excluding hydrogens is 376 g/mol. The molecule has 0 saturated heterocycles. The van der Waals surface area contributed by atoms with E-state index in [9.17, 15) is 13.8 Å². The fourth-order valence-corrected chi connectivity index (χ4v) is 4.55. The van der Waals surface area contributed by atoms with Crippen LogP contribution in [0.1, 0.15) is 58.8 Å². The zero-order valence-corrected chi connectivity index (χ0v) is 17.6. The maximum atomic E-state index is 12.4. The minimum Gasteiger partial charge on any atom is -0.448 e. The van der Waals surface area contributed by atoms with Gasteiger partial charge < -0.3 is 9.64 Å². The van der Waals surface area contributed by atoms with Crippen LogP contribution in [0, 0.1) is 0 Å². The summed E-state index contributed by atoms with van der Waals surface area (Å²) in [4.78, 5) is 30.4. The van der Waals surface area contributed by atoms with Crippen molar-refractivity contribution < 1.29 is 18.5 Å². The van der Waals surface area contributed by atoms with Gasteiger partial charge in [-0.25, -0.2) is 29.2 Å². The van der Waals surface area contributed by atoms with Crippen molar-refractivity contribution in [2.45, 2.75) is 58.8 Å². The van der Waals surface area contributed by atoms with E-state index in [-0.39, 0.29) is 11.8 Å². The Balaban J connectivity index is 3.06. The monoisotopic (exact) mass is 405 g/mol.